The Bertz CT molecular complexity index is 530. The van der Waals surface area contributed by atoms with Gasteiger partial charge in [0.25, 0.3) is 0 Å². The molecule has 0 radical (unpaired) electrons. The van der Waals surface area contributed by atoms with Gasteiger partial charge in [-0.3, -0.25) is 4.79 Å². The lowest BCUT2D eigenvalue weighted by Crippen LogP contribution is -2.20. The Labute approximate surface area is 113 Å². The van der Waals surface area contributed by atoms with E-state index in [9.17, 15) is 9.59 Å². The molecule has 0 unspecified atom stereocenters. The van der Waals surface area contributed by atoms with E-state index in [2.05, 4.69) is 37.6 Å². The lowest BCUT2D eigenvalue weighted by atomic mass is 9.86. The first-order valence-corrected chi connectivity index (χ1v) is 6.42. The van der Waals surface area contributed by atoms with Crippen molar-refractivity contribution >= 4 is 18.0 Å². The zero-order chi connectivity index (χ0) is 14.0. The number of hydrogen-bond donors (Lipinski definition) is 0. The second-order valence-electron chi connectivity index (χ2n) is 5.80. The highest BCUT2D eigenvalue weighted by Crippen LogP contribution is 2.24. The first-order valence-electron chi connectivity index (χ1n) is 6.42. The summed E-state index contributed by atoms with van der Waals surface area (Å²) in [5, 5.41) is 0. The molecular formula is C16H18O3. The van der Waals surface area contributed by atoms with Crippen molar-refractivity contribution in [1.29, 1.82) is 0 Å². The minimum atomic E-state index is -0.517. The van der Waals surface area contributed by atoms with Gasteiger partial charge in [0.05, 0.1) is 6.42 Å². The Morgan fingerprint density at radius 1 is 1.05 bits per heavy atom. The molecule has 1 saturated heterocycles. The third-order valence-electron chi connectivity index (χ3n) is 3.18. The van der Waals surface area contributed by atoms with Crippen LogP contribution >= 0.6 is 0 Å². The fourth-order valence-corrected chi connectivity index (χ4v) is 1.97. The van der Waals surface area contributed by atoms with Crippen molar-refractivity contribution in [2.75, 3.05) is 0 Å². The standard InChI is InChI=1S/C16H18O3/c1-16(2,3)13-7-4-11(5-8-13)10-12-6-9-14(17)19-15(12)18/h4-5,7-8,10H,6,9H2,1-3H3/b12-10+. The molecule has 0 saturated carbocycles. The van der Waals surface area contributed by atoms with E-state index in [-0.39, 0.29) is 11.8 Å². The second-order valence-corrected chi connectivity index (χ2v) is 5.80. The van der Waals surface area contributed by atoms with Gasteiger partial charge in [-0.1, -0.05) is 45.0 Å². The number of hydrogen-bond acceptors (Lipinski definition) is 3. The Kier molecular flexibility index (Phi) is 3.56. The molecule has 1 fully saturated rings. The van der Waals surface area contributed by atoms with Crippen molar-refractivity contribution in [2.24, 2.45) is 0 Å². The van der Waals surface area contributed by atoms with Crippen molar-refractivity contribution in [1.82, 2.24) is 0 Å². The quantitative estimate of drug-likeness (QED) is 0.441. The number of carbonyl (C=O) groups excluding carboxylic acids is 2. The van der Waals surface area contributed by atoms with E-state index in [0.29, 0.717) is 12.0 Å². The van der Waals surface area contributed by atoms with Crippen molar-refractivity contribution in [3.05, 3.63) is 41.0 Å². The molecule has 0 aliphatic carbocycles. The van der Waals surface area contributed by atoms with Crippen LogP contribution in [0.2, 0.25) is 0 Å². The number of benzene rings is 1. The number of cyclic esters (lactones) is 2. The van der Waals surface area contributed by atoms with Crippen molar-refractivity contribution in [3.8, 4) is 0 Å². The first-order chi connectivity index (χ1) is 8.86. The van der Waals surface area contributed by atoms with E-state index >= 15 is 0 Å². The lowest BCUT2D eigenvalue weighted by Gasteiger charge is -2.19. The van der Waals surface area contributed by atoms with E-state index in [0.717, 1.165) is 5.56 Å². The average Bonchev–Trinajstić information content (AvgIpc) is 2.32. The molecule has 1 aromatic rings. The molecule has 3 nitrogen and oxygen atoms in total. The topological polar surface area (TPSA) is 43.4 Å². The molecule has 1 aromatic carbocycles. The fraction of sp³-hybridized carbons (Fsp3) is 0.375. The van der Waals surface area contributed by atoms with E-state index in [1.54, 1.807) is 6.08 Å². The van der Waals surface area contributed by atoms with E-state index in [1.165, 1.54) is 5.56 Å². The Hall–Kier alpha value is -1.90. The molecule has 19 heavy (non-hydrogen) atoms. The predicted octanol–water partition coefficient (Wildman–Crippen LogP) is 3.23. The fourth-order valence-electron chi connectivity index (χ4n) is 1.97. The van der Waals surface area contributed by atoms with Gasteiger partial charge in [0.1, 0.15) is 0 Å². The first kappa shape index (κ1) is 13.5. The Morgan fingerprint density at radius 3 is 2.21 bits per heavy atom. The zero-order valence-corrected chi connectivity index (χ0v) is 11.5. The number of carbonyl (C=O) groups is 2. The molecule has 100 valence electrons. The summed E-state index contributed by atoms with van der Waals surface area (Å²) in [5.74, 6) is -0.957. The number of esters is 2. The maximum atomic E-state index is 11.5. The summed E-state index contributed by atoms with van der Waals surface area (Å²) in [7, 11) is 0. The van der Waals surface area contributed by atoms with Crippen LogP contribution in [0.4, 0.5) is 0 Å². The van der Waals surface area contributed by atoms with Crippen LogP contribution in [0.3, 0.4) is 0 Å². The molecule has 1 heterocycles. The van der Waals surface area contributed by atoms with Gasteiger partial charge in [-0.05, 0) is 29.0 Å². The minimum Gasteiger partial charge on any atom is -0.390 e. The molecule has 1 aliphatic heterocycles. The van der Waals surface area contributed by atoms with Gasteiger partial charge in [-0.2, -0.15) is 0 Å². The molecule has 0 atom stereocenters. The highest BCUT2D eigenvalue weighted by Gasteiger charge is 2.22. The van der Waals surface area contributed by atoms with Crippen molar-refractivity contribution in [2.45, 2.75) is 39.0 Å². The second kappa shape index (κ2) is 5.00. The lowest BCUT2D eigenvalue weighted by molar-refractivity contribution is -0.159. The largest absolute Gasteiger partial charge is 0.390 e. The molecule has 0 bridgehead atoms. The molecule has 3 heteroatoms. The predicted molar refractivity (Wildman–Crippen MR) is 73.5 cm³/mol. The zero-order valence-electron chi connectivity index (χ0n) is 11.5. The van der Waals surface area contributed by atoms with Gasteiger partial charge in [-0.25, -0.2) is 4.79 Å². The van der Waals surface area contributed by atoms with Gasteiger partial charge in [0.2, 0.25) is 0 Å². The van der Waals surface area contributed by atoms with Crippen molar-refractivity contribution < 1.29 is 14.3 Å². The normalized spacial score (nSPS) is 18.6. The maximum absolute atomic E-state index is 11.5. The summed E-state index contributed by atoms with van der Waals surface area (Å²) in [4.78, 5) is 22.5. The van der Waals surface area contributed by atoms with E-state index < -0.39 is 11.9 Å². The minimum absolute atomic E-state index is 0.113. The molecule has 0 aromatic heterocycles. The van der Waals surface area contributed by atoms with Gasteiger partial charge in [-0.15, -0.1) is 0 Å². The Balaban J connectivity index is 2.19. The van der Waals surface area contributed by atoms with Gasteiger partial charge < -0.3 is 4.74 Å². The summed E-state index contributed by atoms with van der Waals surface area (Å²) >= 11 is 0. The molecule has 0 N–H and O–H groups in total. The smallest absolute Gasteiger partial charge is 0.341 e. The summed E-state index contributed by atoms with van der Waals surface area (Å²) in [6.07, 6.45) is 2.53. The SMILES string of the molecule is CC(C)(C)c1ccc(/C=C2\CCC(=O)OC2=O)cc1. The van der Waals surface area contributed by atoms with Gasteiger partial charge in [0.15, 0.2) is 0 Å². The molecule has 0 spiro atoms. The van der Waals surface area contributed by atoms with E-state index in [1.807, 2.05) is 12.1 Å². The maximum Gasteiger partial charge on any atom is 0.341 e. The van der Waals surface area contributed by atoms with Crippen LogP contribution in [-0.4, -0.2) is 11.9 Å². The molecular weight excluding hydrogens is 240 g/mol. The van der Waals surface area contributed by atoms with Crippen LogP contribution in [0.25, 0.3) is 6.08 Å². The van der Waals surface area contributed by atoms with Crippen LogP contribution in [0.5, 0.6) is 0 Å². The summed E-state index contributed by atoms with van der Waals surface area (Å²) < 4.78 is 4.60. The highest BCUT2D eigenvalue weighted by atomic mass is 16.6. The van der Waals surface area contributed by atoms with Crippen LogP contribution in [0.15, 0.2) is 29.8 Å². The van der Waals surface area contributed by atoms with Crippen LogP contribution in [-0.2, 0) is 19.7 Å². The van der Waals surface area contributed by atoms with Gasteiger partial charge >= 0.3 is 11.9 Å². The highest BCUT2D eigenvalue weighted by molar-refractivity contribution is 6.02. The molecule has 1 aliphatic rings. The number of rotatable bonds is 1. The summed E-state index contributed by atoms with van der Waals surface area (Å²) in [6.45, 7) is 6.47. The monoisotopic (exact) mass is 258 g/mol. The van der Waals surface area contributed by atoms with Crippen LogP contribution < -0.4 is 0 Å². The number of ether oxygens (including phenoxy) is 1. The Morgan fingerprint density at radius 2 is 1.68 bits per heavy atom. The van der Waals surface area contributed by atoms with Crippen LogP contribution in [0, 0.1) is 0 Å². The summed E-state index contributed by atoms with van der Waals surface area (Å²) in [6, 6.07) is 8.09. The van der Waals surface area contributed by atoms with E-state index in [4.69, 9.17) is 0 Å². The van der Waals surface area contributed by atoms with Gasteiger partial charge in [0, 0.05) is 5.57 Å². The van der Waals surface area contributed by atoms with Crippen molar-refractivity contribution in [3.63, 3.8) is 0 Å². The molecule has 0 amide bonds. The third-order valence-corrected chi connectivity index (χ3v) is 3.18. The molecule has 2 rings (SSSR count). The third kappa shape index (κ3) is 3.31. The summed E-state index contributed by atoms with van der Waals surface area (Å²) in [5.41, 5.74) is 2.87. The average molecular weight is 258 g/mol. The van der Waals surface area contributed by atoms with Crippen LogP contribution in [0.1, 0.15) is 44.7 Å².